The second-order valence-electron chi connectivity index (χ2n) is 6.41. The van der Waals surface area contributed by atoms with Crippen LogP contribution < -0.4 is 10.6 Å². The Kier molecular flexibility index (Phi) is 7.53. The number of nitrogens with zero attached hydrogens (tertiary/aromatic N) is 2. The smallest absolute Gasteiger partial charge is 0.191 e. The Bertz CT molecular complexity index is 696. The van der Waals surface area contributed by atoms with Crippen LogP contribution in [0.3, 0.4) is 0 Å². The summed E-state index contributed by atoms with van der Waals surface area (Å²) in [5.41, 5.74) is 1.34. The van der Waals surface area contributed by atoms with Gasteiger partial charge in [0.15, 0.2) is 5.96 Å². The van der Waals surface area contributed by atoms with Gasteiger partial charge >= 0.3 is 0 Å². The molecule has 26 heavy (non-hydrogen) atoms. The van der Waals surface area contributed by atoms with Gasteiger partial charge in [0.1, 0.15) is 11.6 Å². The maximum Gasteiger partial charge on any atom is 0.191 e. The molecule has 2 rings (SSSR count). The zero-order valence-electron chi connectivity index (χ0n) is 15.6. The maximum atomic E-state index is 14.1. The quantitative estimate of drug-likeness (QED) is 0.570. The molecule has 0 amide bonds. The highest BCUT2D eigenvalue weighted by Gasteiger charge is 2.22. The third-order valence-corrected chi connectivity index (χ3v) is 5.03. The van der Waals surface area contributed by atoms with Crippen LogP contribution in [-0.2, 0) is 0 Å². The van der Waals surface area contributed by atoms with Crippen LogP contribution in [0.25, 0.3) is 0 Å². The van der Waals surface area contributed by atoms with E-state index in [9.17, 15) is 8.78 Å². The number of hydrogen-bond donors (Lipinski definition) is 2. The second-order valence-corrected chi connectivity index (χ2v) is 7.19. The predicted octanol–water partition coefficient (Wildman–Crippen LogP) is 3.60. The molecule has 0 bridgehead atoms. The van der Waals surface area contributed by atoms with Gasteiger partial charge in [-0.05, 0) is 54.5 Å². The zero-order valence-corrected chi connectivity index (χ0v) is 16.4. The van der Waals surface area contributed by atoms with E-state index in [1.807, 2.05) is 0 Å². The van der Waals surface area contributed by atoms with E-state index in [0.717, 1.165) is 6.54 Å². The van der Waals surface area contributed by atoms with Crippen molar-refractivity contribution in [3.05, 3.63) is 57.8 Å². The molecule has 0 aliphatic carbocycles. The van der Waals surface area contributed by atoms with Gasteiger partial charge in [-0.15, -0.1) is 0 Å². The molecule has 4 nitrogen and oxygen atoms in total. The Morgan fingerprint density at radius 2 is 1.81 bits per heavy atom. The summed E-state index contributed by atoms with van der Waals surface area (Å²) in [6, 6.07) is 5.59. The van der Waals surface area contributed by atoms with E-state index in [0.29, 0.717) is 18.4 Å². The number of nitrogens with one attached hydrogen (secondary N) is 2. The van der Waals surface area contributed by atoms with E-state index in [2.05, 4.69) is 39.4 Å². The molecule has 2 aromatic rings. The third-order valence-electron chi connectivity index (χ3n) is 4.33. The molecule has 0 aliphatic heterocycles. The molecule has 1 heterocycles. The summed E-state index contributed by atoms with van der Waals surface area (Å²) >= 11 is 1.68. The van der Waals surface area contributed by atoms with Gasteiger partial charge in [-0.3, -0.25) is 4.99 Å². The van der Waals surface area contributed by atoms with Gasteiger partial charge in [0.2, 0.25) is 0 Å². The molecule has 0 radical (unpaired) electrons. The summed E-state index contributed by atoms with van der Waals surface area (Å²) in [7, 11) is 5.28. The van der Waals surface area contributed by atoms with E-state index in [4.69, 9.17) is 0 Å². The largest absolute Gasteiger partial charge is 0.356 e. The lowest BCUT2D eigenvalue weighted by atomic mass is 10.0. The molecule has 2 atom stereocenters. The van der Waals surface area contributed by atoms with Crippen LogP contribution in [0.15, 0.2) is 40.0 Å². The van der Waals surface area contributed by atoms with Crippen LogP contribution in [0.1, 0.15) is 30.0 Å². The molecule has 7 heteroatoms. The zero-order chi connectivity index (χ0) is 19.1. The first-order chi connectivity index (χ1) is 12.4. The SMILES string of the molecule is CN=C(NCC(C)c1ccsc1)NCC(c1c(F)cccc1F)N(C)C. The minimum absolute atomic E-state index is 0.0621. The van der Waals surface area contributed by atoms with Gasteiger partial charge in [0.05, 0.1) is 6.04 Å². The first-order valence-corrected chi connectivity index (χ1v) is 9.45. The highest BCUT2D eigenvalue weighted by atomic mass is 32.1. The molecule has 1 aromatic carbocycles. The highest BCUT2D eigenvalue weighted by Crippen LogP contribution is 2.24. The fraction of sp³-hybridized carbons (Fsp3) is 0.421. The van der Waals surface area contributed by atoms with Crippen LogP contribution in [-0.4, -0.2) is 45.1 Å². The van der Waals surface area contributed by atoms with Crippen LogP contribution in [0.4, 0.5) is 8.78 Å². The number of rotatable bonds is 7. The number of halogens is 2. The fourth-order valence-corrected chi connectivity index (χ4v) is 3.49. The number of guanidine groups is 1. The Morgan fingerprint density at radius 3 is 2.35 bits per heavy atom. The first kappa shape index (κ1) is 20.3. The monoisotopic (exact) mass is 380 g/mol. The van der Waals surface area contributed by atoms with Crippen molar-refractivity contribution in [2.45, 2.75) is 18.9 Å². The topological polar surface area (TPSA) is 39.7 Å². The molecular weight excluding hydrogens is 354 g/mol. The summed E-state index contributed by atoms with van der Waals surface area (Å²) in [5.74, 6) is -0.136. The molecular formula is C19H26F2N4S. The number of thiophene rings is 1. The summed E-state index contributed by atoms with van der Waals surface area (Å²) in [5, 5.41) is 10.6. The van der Waals surface area contributed by atoms with Crippen molar-refractivity contribution in [2.75, 3.05) is 34.2 Å². The van der Waals surface area contributed by atoms with Crippen molar-refractivity contribution in [3.8, 4) is 0 Å². The van der Waals surface area contributed by atoms with E-state index in [-0.39, 0.29) is 5.56 Å². The minimum atomic E-state index is -0.542. The van der Waals surface area contributed by atoms with Gasteiger partial charge in [0.25, 0.3) is 0 Å². The minimum Gasteiger partial charge on any atom is -0.356 e. The van der Waals surface area contributed by atoms with Crippen molar-refractivity contribution in [3.63, 3.8) is 0 Å². The van der Waals surface area contributed by atoms with E-state index in [1.54, 1.807) is 37.4 Å². The van der Waals surface area contributed by atoms with E-state index >= 15 is 0 Å². The van der Waals surface area contributed by atoms with Crippen LogP contribution in [0.5, 0.6) is 0 Å². The number of benzene rings is 1. The van der Waals surface area contributed by atoms with Gasteiger partial charge < -0.3 is 15.5 Å². The average Bonchev–Trinajstić information content (AvgIpc) is 3.14. The Balaban J connectivity index is 1.98. The average molecular weight is 381 g/mol. The van der Waals surface area contributed by atoms with Crippen LogP contribution in [0.2, 0.25) is 0 Å². The lowest BCUT2D eigenvalue weighted by Crippen LogP contribution is -2.43. The van der Waals surface area contributed by atoms with Gasteiger partial charge in [-0.2, -0.15) is 11.3 Å². The van der Waals surface area contributed by atoms with Crippen LogP contribution >= 0.6 is 11.3 Å². The van der Waals surface area contributed by atoms with Crippen molar-refractivity contribution < 1.29 is 8.78 Å². The molecule has 0 saturated carbocycles. The summed E-state index contributed by atoms with van der Waals surface area (Å²) in [6.07, 6.45) is 0. The molecule has 142 valence electrons. The van der Waals surface area contributed by atoms with Crippen molar-refractivity contribution in [2.24, 2.45) is 4.99 Å². The molecule has 1 aromatic heterocycles. The Labute approximate surface area is 157 Å². The van der Waals surface area contributed by atoms with Crippen LogP contribution in [0, 0.1) is 11.6 Å². The van der Waals surface area contributed by atoms with Gasteiger partial charge in [0, 0.05) is 25.7 Å². The summed E-state index contributed by atoms with van der Waals surface area (Å²) < 4.78 is 28.3. The van der Waals surface area contributed by atoms with Crippen molar-refractivity contribution >= 4 is 17.3 Å². The van der Waals surface area contributed by atoms with E-state index < -0.39 is 17.7 Å². The molecule has 2 N–H and O–H groups in total. The lowest BCUT2D eigenvalue weighted by molar-refractivity contribution is 0.282. The second kappa shape index (κ2) is 9.64. The molecule has 0 spiro atoms. The third kappa shape index (κ3) is 5.25. The van der Waals surface area contributed by atoms with Crippen molar-refractivity contribution in [1.29, 1.82) is 0 Å². The van der Waals surface area contributed by atoms with E-state index in [1.165, 1.54) is 23.8 Å². The Morgan fingerprint density at radius 1 is 1.15 bits per heavy atom. The van der Waals surface area contributed by atoms with Crippen molar-refractivity contribution in [1.82, 2.24) is 15.5 Å². The summed E-state index contributed by atoms with van der Waals surface area (Å²) in [6.45, 7) is 3.19. The number of aliphatic imine (C=N–C) groups is 1. The maximum absolute atomic E-state index is 14.1. The normalized spacial score (nSPS) is 14.3. The highest BCUT2D eigenvalue weighted by molar-refractivity contribution is 7.07. The molecule has 2 unspecified atom stereocenters. The fourth-order valence-electron chi connectivity index (χ4n) is 2.71. The van der Waals surface area contributed by atoms with Gasteiger partial charge in [-0.1, -0.05) is 13.0 Å². The first-order valence-electron chi connectivity index (χ1n) is 8.51. The number of likely N-dealkylation sites (N-methyl/N-ethyl adjacent to an activating group) is 1. The standard InChI is InChI=1S/C19H26F2N4S/c1-13(14-8-9-26-12-14)10-23-19(22-2)24-11-17(25(3)4)18-15(20)6-5-7-16(18)21/h5-9,12-13,17H,10-11H2,1-4H3,(H2,22,23,24). The number of hydrogen-bond acceptors (Lipinski definition) is 3. The predicted molar refractivity (Wildman–Crippen MR) is 105 cm³/mol. The van der Waals surface area contributed by atoms with Gasteiger partial charge in [-0.25, -0.2) is 8.78 Å². The Hall–Kier alpha value is -1.99. The lowest BCUT2D eigenvalue weighted by Gasteiger charge is -2.27. The summed E-state index contributed by atoms with van der Waals surface area (Å²) in [4.78, 5) is 5.99. The molecule has 0 aliphatic rings. The molecule has 0 fully saturated rings. The molecule has 0 saturated heterocycles.